The summed E-state index contributed by atoms with van der Waals surface area (Å²) in [4.78, 5) is 23.0. The molecule has 2 aromatic rings. The molecule has 2 rings (SSSR count). The molecule has 0 spiro atoms. The van der Waals surface area contributed by atoms with E-state index in [0.29, 0.717) is 0 Å². The largest absolute Gasteiger partial charge is 0.478 e. The number of rotatable bonds is 4. The van der Waals surface area contributed by atoms with Gasteiger partial charge in [-0.15, -0.1) is 0 Å². The average Bonchev–Trinajstić information content (AvgIpc) is 2.81. The number of aryl methyl sites for hydroxylation is 1. The van der Waals surface area contributed by atoms with Crippen molar-refractivity contribution in [1.29, 1.82) is 0 Å². The van der Waals surface area contributed by atoms with E-state index in [1.54, 1.807) is 12.3 Å². The lowest BCUT2D eigenvalue weighted by molar-refractivity contribution is 0.0698. The number of halogens is 1. The van der Waals surface area contributed by atoms with Crippen LogP contribution >= 0.6 is 11.6 Å². The number of carboxylic acid groups (broad SMARTS) is 1. The molecule has 0 aliphatic carbocycles. The van der Waals surface area contributed by atoms with Gasteiger partial charge < -0.3 is 15.7 Å². The van der Waals surface area contributed by atoms with Crippen LogP contribution in [-0.4, -0.2) is 27.3 Å². The molecule has 1 aromatic carbocycles. The number of H-pyrrole nitrogens is 1. The second kappa shape index (κ2) is 6.27. The van der Waals surface area contributed by atoms with Crippen LogP contribution in [0.4, 0.5) is 10.5 Å². The van der Waals surface area contributed by atoms with Crippen molar-refractivity contribution in [3.63, 3.8) is 0 Å². The van der Waals surface area contributed by atoms with Crippen molar-refractivity contribution in [3.05, 3.63) is 46.2 Å². The van der Waals surface area contributed by atoms with E-state index in [2.05, 4.69) is 20.8 Å². The van der Waals surface area contributed by atoms with Crippen LogP contribution in [0.2, 0.25) is 5.02 Å². The summed E-state index contributed by atoms with van der Waals surface area (Å²) in [5, 5.41) is 20.8. The highest BCUT2D eigenvalue weighted by atomic mass is 35.5. The van der Waals surface area contributed by atoms with Crippen LogP contribution in [0.5, 0.6) is 0 Å². The predicted octanol–water partition coefficient (Wildman–Crippen LogP) is 2.39. The van der Waals surface area contributed by atoms with Crippen LogP contribution in [0.25, 0.3) is 0 Å². The monoisotopic (exact) mass is 308 g/mol. The molecule has 110 valence electrons. The Hall–Kier alpha value is -2.54. The zero-order valence-electron chi connectivity index (χ0n) is 11.1. The number of anilines is 1. The fourth-order valence-electron chi connectivity index (χ4n) is 1.74. The molecule has 1 aromatic heterocycles. The van der Waals surface area contributed by atoms with Gasteiger partial charge in [0.05, 0.1) is 16.9 Å². The zero-order valence-corrected chi connectivity index (χ0v) is 11.9. The first kappa shape index (κ1) is 14.9. The van der Waals surface area contributed by atoms with Crippen molar-refractivity contribution in [2.24, 2.45) is 0 Å². The topological polar surface area (TPSA) is 107 Å². The third kappa shape index (κ3) is 3.51. The van der Waals surface area contributed by atoms with E-state index in [1.807, 2.05) is 6.92 Å². The number of amides is 2. The van der Waals surface area contributed by atoms with Gasteiger partial charge in [0.15, 0.2) is 0 Å². The number of aromatic nitrogens is 2. The maximum atomic E-state index is 11.8. The summed E-state index contributed by atoms with van der Waals surface area (Å²) in [6.07, 6.45) is 1.61. The quantitative estimate of drug-likeness (QED) is 0.695. The van der Waals surface area contributed by atoms with Gasteiger partial charge in [-0.25, -0.2) is 9.59 Å². The molecule has 7 nitrogen and oxygen atoms in total. The molecular formula is C13H13ClN4O3. The Kier molecular flexibility index (Phi) is 4.44. The lowest BCUT2D eigenvalue weighted by Crippen LogP contribution is -2.29. The Morgan fingerprint density at radius 1 is 1.43 bits per heavy atom. The van der Waals surface area contributed by atoms with Crippen LogP contribution in [-0.2, 0) is 6.54 Å². The zero-order chi connectivity index (χ0) is 15.4. The molecule has 0 unspecified atom stereocenters. The number of urea groups is 1. The van der Waals surface area contributed by atoms with Gasteiger partial charge in [0.1, 0.15) is 5.56 Å². The molecule has 8 heteroatoms. The number of hydrogen-bond donors (Lipinski definition) is 4. The van der Waals surface area contributed by atoms with Gasteiger partial charge in [-0.1, -0.05) is 17.7 Å². The van der Waals surface area contributed by atoms with Crippen LogP contribution in [0, 0.1) is 6.92 Å². The van der Waals surface area contributed by atoms with Crippen molar-refractivity contribution in [2.75, 3.05) is 5.32 Å². The summed E-state index contributed by atoms with van der Waals surface area (Å²) in [6.45, 7) is 2.11. The molecule has 2 amide bonds. The highest BCUT2D eigenvalue weighted by Gasteiger charge is 2.16. The number of aromatic carboxylic acids is 1. The van der Waals surface area contributed by atoms with Crippen LogP contribution < -0.4 is 10.6 Å². The van der Waals surface area contributed by atoms with E-state index < -0.39 is 12.0 Å². The van der Waals surface area contributed by atoms with E-state index in [4.69, 9.17) is 16.7 Å². The van der Waals surface area contributed by atoms with E-state index in [9.17, 15) is 9.59 Å². The minimum atomic E-state index is -1.21. The number of carboxylic acids is 1. The lowest BCUT2D eigenvalue weighted by Gasteiger charge is -2.10. The number of carbonyl (C=O) groups excluding carboxylic acids is 1. The first-order valence-electron chi connectivity index (χ1n) is 6.04. The Morgan fingerprint density at radius 3 is 2.81 bits per heavy atom. The maximum Gasteiger partial charge on any atom is 0.339 e. The lowest BCUT2D eigenvalue weighted by atomic mass is 10.2. The normalized spacial score (nSPS) is 10.2. The number of benzene rings is 1. The summed E-state index contributed by atoms with van der Waals surface area (Å²) >= 11 is 5.82. The summed E-state index contributed by atoms with van der Waals surface area (Å²) in [5.74, 6) is -1.21. The molecule has 0 radical (unpaired) electrons. The van der Waals surface area contributed by atoms with Crippen LogP contribution in [0.3, 0.4) is 0 Å². The van der Waals surface area contributed by atoms with Gasteiger partial charge in [0.25, 0.3) is 0 Å². The standard InChI is InChI=1S/C13H13ClN4O3/c1-7-8(6-16-18-7)5-15-13(21)17-10-4-2-3-9(14)11(10)12(19)20/h2-4,6H,5H2,1H3,(H,16,18)(H,19,20)(H2,15,17,21). The average molecular weight is 309 g/mol. The van der Waals surface area contributed by atoms with Crippen molar-refractivity contribution in [2.45, 2.75) is 13.5 Å². The van der Waals surface area contributed by atoms with Crippen LogP contribution in [0.15, 0.2) is 24.4 Å². The smallest absolute Gasteiger partial charge is 0.339 e. The van der Waals surface area contributed by atoms with Gasteiger partial charge in [0.2, 0.25) is 0 Å². The Morgan fingerprint density at radius 2 is 2.19 bits per heavy atom. The first-order valence-corrected chi connectivity index (χ1v) is 6.42. The number of aromatic amines is 1. The number of nitrogens with zero attached hydrogens (tertiary/aromatic N) is 1. The maximum absolute atomic E-state index is 11.8. The minimum absolute atomic E-state index is 0.0611. The Balaban J connectivity index is 2.05. The summed E-state index contributed by atoms with van der Waals surface area (Å²) < 4.78 is 0. The van der Waals surface area contributed by atoms with Crippen molar-refractivity contribution >= 4 is 29.3 Å². The SMILES string of the molecule is Cc1[nH]ncc1CNC(=O)Nc1cccc(Cl)c1C(=O)O. The molecule has 0 fully saturated rings. The fraction of sp³-hybridized carbons (Fsp3) is 0.154. The molecular weight excluding hydrogens is 296 g/mol. The fourth-order valence-corrected chi connectivity index (χ4v) is 2.00. The second-order valence-electron chi connectivity index (χ2n) is 4.30. The molecule has 0 bridgehead atoms. The highest BCUT2D eigenvalue weighted by molar-refractivity contribution is 6.34. The summed E-state index contributed by atoms with van der Waals surface area (Å²) in [5.41, 5.74) is 1.68. The molecule has 1 heterocycles. The van der Waals surface area contributed by atoms with Crippen molar-refractivity contribution in [1.82, 2.24) is 15.5 Å². The minimum Gasteiger partial charge on any atom is -0.478 e. The second-order valence-corrected chi connectivity index (χ2v) is 4.70. The van der Waals surface area contributed by atoms with Crippen molar-refractivity contribution in [3.8, 4) is 0 Å². The number of nitrogens with one attached hydrogen (secondary N) is 3. The molecule has 0 aliphatic heterocycles. The first-order chi connectivity index (χ1) is 9.99. The van der Waals surface area contributed by atoms with Gasteiger partial charge in [-0.3, -0.25) is 5.10 Å². The van der Waals surface area contributed by atoms with E-state index >= 15 is 0 Å². The van der Waals surface area contributed by atoms with E-state index in [1.165, 1.54) is 12.1 Å². The summed E-state index contributed by atoms with van der Waals surface area (Å²) in [6, 6.07) is 3.95. The Labute approximate surface area is 125 Å². The third-order valence-electron chi connectivity index (χ3n) is 2.85. The number of hydrogen-bond acceptors (Lipinski definition) is 3. The third-order valence-corrected chi connectivity index (χ3v) is 3.16. The van der Waals surface area contributed by atoms with Gasteiger partial charge in [-0.2, -0.15) is 5.10 Å². The van der Waals surface area contributed by atoms with E-state index in [0.717, 1.165) is 11.3 Å². The number of carbonyl (C=O) groups is 2. The van der Waals surface area contributed by atoms with Gasteiger partial charge in [0, 0.05) is 17.8 Å². The van der Waals surface area contributed by atoms with Gasteiger partial charge >= 0.3 is 12.0 Å². The highest BCUT2D eigenvalue weighted by Crippen LogP contribution is 2.24. The van der Waals surface area contributed by atoms with Crippen LogP contribution in [0.1, 0.15) is 21.6 Å². The molecule has 0 aliphatic rings. The molecule has 0 saturated carbocycles. The molecule has 0 saturated heterocycles. The molecule has 4 N–H and O–H groups in total. The molecule has 0 atom stereocenters. The van der Waals surface area contributed by atoms with Crippen molar-refractivity contribution < 1.29 is 14.7 Å². The molecule has 21 heavy (non-hydrogen) atoms. The Bertz CT molecular complexity index is 684. The summed E-state index contributed by atoms with van der Waals surface area (Å²) in [7, 11) is 0. The predicted molar refractivity (Wildman–Crippen MR) is 77.6 cm³/mol. The van der Waals surface area contributed by atoms with Gasteiger partial charge in [-0.05, 0) is 19.1 Å². The van der Waals surface area contributed by atoms with E-state index in [-0.39, 0.29) is 22.8 Å².